The van der Waals surface area contributed by atoms with Crippen molar-refractivity contribution in [3.8, 4) is 12.1 Å². The van der Waals surface area contributed by atoms with Crippen LogP contribution in [0.25, 0.3) is 0 Å². The molecule has 0 aromatic carbocycles. The Hall–Kier alpha value is 2.78. The molecule has 0 aliphatic carbocycles. The first-order valence-electron chi connectivity index (χ1n) is 2.97. The van der Waals surface area contributed by atoms with E-state index in [0.29, 0.717) is 14.0 Å². The van der Waals surface area contributed by atoms with E-state index in [4.69, 9.17) is 22.7 Å². The van der Waals surface area contributed by atoms with Crippen LogP contribution in [0.3, 0.4) is 0 Å². The second-order valence-corrected chi connectivity index (χ2v) is 5.42. The summed E-state index contributed by atoms with van der Waals surface area (Å²) in [6.45, 7) is 3.39. The molecule has 0 atom stereocenters. The molecule has 0 saturated heterocycles. The van der Waals surface area contributed by atoms with Gasteiger partial charge in [-0.05, 0) is 0 Å². The molecule has 0 aliphatic heterocycles. The Labute approximate surface area is 199 Å². The number of hydrogen-bond acceptors (Lipinski definition) is 5. The molecule has 0 spiro atoms. The maximum atomic E-state index is 8.43. The van der Waals surface area contributed by atoms with Crippen LogP contribution in [0, 0.1) is 48.0 Å². The third-order valence-corrected chi connectivity index (χ3v) is 2.92. The zero-order chi connectivity index (χ0) is 9.56. The summed E-state index contributed by atoms with van der Waals surface area (Å²) < 4.78 is 0.591. The summed E-state index contributed by atoms with van der Waals surface area (Å²) in [5.74, 6) is 0. The predicted molar refractivity (Wildman–Crippen MR) is 69.7 cm³/mol. The van der Waals surface area contributed by atoms with Crippen molar-refractivity contribution in [2.24, 2.45) is 0 Å². The Morgan fingerprint density at radius 3 is 1.44 bits per heavy atom. The van der Waals surface area contributed by atoms with Crippen LogP contribution in [0.4, 0.5) is 0 Å². The molecule has 2 nitrogen and oxygen atoms in total. The maximum absolute atomic E-state index is 8.43. The minimum Gasteiger partial charge on any atom is -0.358 e. The van der Waals surface area contributed by atoms with Gasteiger partial charge in [0.25, 0.3) is 0 Å². The molecule has 0 heterocycles. The number of nitrogens with zero attached hydrogens (tertiary/aromatic N) is 2. The molecule has 16 heavy (non-hydrogen) atoms. The van der Waals surface area contributed by atoms with Gasteiger partial charge in [-0.1, -0.05) is 24.4 Å². The van der Waals surface area contributed by atoms with Crippen molar-refractivity contribution in [2.75, 3.05) is 0 Å². The number of thiocarbonyl (C=S) groups is 1. The summed E-state index contributed by atoms with van der Waals surface area (Å²) in [6.07, 6.45) is 0. The van der Waals surface area contributed by atoms with Crippen LogP contribution in [-0.2, 0) is 0 Å². The molecule has 0 bridgehead atoms. The molecule has 0 unspecified atom stereocenters. The van der Waals surface area contributed by atoms with Gasteiger partial charge >= 0.3 is 103 Å². The average molecular weight is 323 g/mol. The van der Waals surface area contributed by atoms with Crippen molar-refractivity contribution in [3.63, 3.8) is 0 Å². The molecule has 0 aromatic heterocycles. The van der Waals surface area contributed by atoms with Crippen LogP contribution in [0.1, 0.15) is 13.8 Å². The van der Waals surface area contributed by atoms with Crippen LogP contribution in [0.5, 0.6) is 0 Å². The zero-order valence-corrected chi connectivity index (χ0v) is 19.3. The Balaban J connectivity index is -0.000000101. The SMILES string of the molecule is C[C-](C#N)SC(=S)S[C-](C)C#N.[CH3-].[CH3-].[K+].[K+]. The van der Waals surface area contributed by atoms with Crippen LogP contribution in [-0.4, -0.2) is 3.53 Å². The summed E-state index contributed by atoms with van der Waals surface area (Å²) in [5, 5.41) is 18.0. The van der Waals surface area contributed by atoms with Crippen molar-refractivity contribution in [2.45, 2.75) is 13.8 Å². The van der Waals surface area contributed by atoms with Crippen LogP contribution in [0.15, 0.2) is 0 Å². The van der Waals surface area contributed by atoms with Gasteiger partial charge in [0.2, 0.25) is 0 Å². The van der Waals surface area contributed by atoms with E-state index in [1.54, 1.807) is 13.8 Å². The summed E-state index contributed by atoms with van der Waals surface area (Å²) in [6, 6.07) is 3.95. The molecule has 7 heteroatoms. The molecule has 0 aliphatic rings. The Kier molecular flexibility index (Phi) is 39.3. The van der Waals surface area contributed by atoms with Gasteiger partial charge in [-0.3, -0.25) is 23.5 Å². The van der Waals surface area contributed by atoms with Gasteiger partial charge in [0.1, 0.15) is 0 Å². The molecular formula is C9H12K2N2S3-2. The van der Waals surface area contributed by atoms with Gasteiger partial charge in [0.15, 0.2) is 0 Å². The molecule has 0 saturated carbocycles. The summed E-state index contributed by atoms with van der Waals surface area (Å²) in [7, 11) is 0. The molecule has 0 aromatic rings. The van der Waals surface area contributed by atoms with E-state index in [-0.39, 0.29) is 118 Å². The number of hydrogen-bond donors (Lipinski definition) is 0. The van der Waals surface area contributed by atoms with Gasteiger partial charge < -0.3 is 14.9 Å². The zero-order valence-electron chi connectivity index (χ0n) is 10.6. The normalized spacial score (nSPS) is 6.00. The largest absolute Gasteiger partial charge is 1.00 e. The van der Waals surface area contributed by atoms with Crippen LogP contribution >= 0.6 is 35.7 Å². The van der Waals surface area contributed by atoms with E-state index < -0.39 is 0 Å². The topological polar surface area (TPSA) is 47.6 Å². The van der Waals surface area contributed by atoms with Gasteiger partial charge in [-0.2, -0.15) is 13.8 Å². The van der Waals surface area contributed by atoms with Crippen molar-refractivity contribution in [3.05, 3.63) is 25.4 Å². The van der Waals surface area contributed by atoms with Crippen molar-refractivity contribution in [1.29, 1.82) is 10.5 Å². The summed E-state index contributed by atoms with van der Waals surface area (Å²) >= 11 is 7.36. The maximum Gasteiger partial charge on any atom is 1.00 e. The fourth-order valence-electron chi connectivity index (χ4n) is 0.316. The third-order valence-electron chi connectivity index (χ3n) is 0.788. The molecular weight excluding hydrogens is 311 g/mol. The standard InChI is InChI=1S/C7H6N2S3.2CH3.2K/c1-5(3-8)11-7(10)12-6(2)4-9;;;;/h1-2H3;2*1H3;;/q-2;2*-1;2*+1. The summed E-state index contributed by atoms with van der Waals surface area (Å²) in [5.41, 5.74) is 0. The molecule has 80 valence electrons. The molecule has 0 fully saturated rings. The van der Waals surface area contributed by atoms with E-state index in [2.05, 4.69) is 0 Å². The third kappa shape index (κ3) is 19.1. The van der Waals surface area contributed by atoms with E-state index in [1.165, 1.54) is 23.5 Å². The van der Waals surface area contributed by atoms with Gasteiger partial charge in [-0.25, -0.2) is 21.0 Å². The Bertz CT molecular complexity index is 224. The Morgan fingerprint density at radius 2 is 1.25 bits per heavy atom. The van der Waals surface area contributed by atoms with Gasteiger partial charge in [-0.15, -0.1) is 0 Å². The number of nitriles is 2. The van der Waals surface area contributed by atoms with Crippen LogP contribution < -0.4 is 103 Å². The van der Waals surface area contributed by atoms with E-state index in [1.807, 2.05) is 12.1 Å². The predicted octanol–water partition coefficient (Wildman–Crippen LogP) is -2.20. The van der Waals surface area contributed by atoms with Gasteiger partial charge in [0.05, 0.1) is 0 Å². The minimum atomic E-state index is 0. The van der Waals surface area contributed by atoms with Crippen molar-refractivity contribution < 1.29 is 103 Å². The molecule has 0 amide bonds. The second kappa shape index (κ2) is 20.1. The number of rotatable bonds is 2. The fourth-order valence-corrected chi connectivity index (χ4v) is 2.57. The minimum absolute atomic E-state index is 0. The first-order valence-corrected chi connectivity index (χ1v) is 5.01. The fraction of sp³-hybridized carbons (Fsp3) is 0.222. The Morgan fingerprint density at radius 1 is 1.00 bits per heavy atom. The quantitative estimate of drug-likeness (QED) is 0.328. The van der Waals surface area contributed by atoms with E-state index >= 15 is 0 Å². The van der Waals surface area contributed by atoms with E-state index in [9.17, 15) is 0 Å². The first-order chi connectivity index (χ1) is 5.60. The number of thioether (sulfide) groups is 2. The van der Waals surface area contributed by atoms with E-state index in [0.717, 1.165) is 0 Å². The molecule has 0 radical (unpaired) electrons. The summed E-state index contributed by atoms with van der Waals surface area (Å²) in [4.78, 5) is 0. The monoisotopic (exact) mass is 322 g/mol. The van der Waals surface area contributed by atoms with Crippen molar-refractivity contribution in [1.82, 2.24) is 0 Å². The van der Waals surface area contributed by atoms with Crippen LogP contribution in [0.2, 0.25) is 0 Å². The smallest absolute Gasteiger partial charge is 0.358 e. The van der Waals surface area contributed by atoms with Crippen molar-refractivity contribution >= 4 is 39.3 Å². The molecule has 0 rings (SSSR count). The first kappa shape index (κ1) is 31.3. The average Bonchev–Trinajstić information content (AvgIpc) is 2.03. The van der Waals surface area contributed by atoms with Gasteiger partial charge in [0, 0.05) is 3.53 Å². The molecule has 0 N–H and O–H groups in total. The second-order valence-electron chi connectivity index (χ2n) is 1.79.